The fraction of sp³-hybridized carbons (Fsp3) is 1.00. The lowest BCUT2D eigenvalue weighted by Crippen LogP contribution is -2.61. The Morgan fingerprint density at radius 2 is 2.00 bits per heavy atom. The van der Waals surface area contributed by atoms with Gasteiger partial charge in [0.15, 0.2) is 0 Å². The van der Waals surface area contributed by atoms with Gasteiger partial charge in [-0.3, -0.25) is 4.90 Å². The third-order valence-electron chi connectivity index (χ3n) is 5.60. The summed E-state index contributed by atoms with van der Waals surface area (Å²) in [5, 5.41) is 3.82. The van der Waals surface area contributed by atoms with Crippen LogP contribution in [-0.2, 0) is 0 Å². The smallest absolute Gasteiger partial charge is 0.0244 e. The van der Waals surface area contributed by atoms with E-state index in [0.29, 0.717) is 5.41 Å². The lowest BCUT2D eigenvalue weighted by atomic mass is 9.69. The van der Waals surface area contributed by atoms with Crippen molar-refractivity contribution in [2.75, 3.05) is 19.6 Å². The molecule has 1 saturated heterocycles. The van der Waals surface area contributed by atoms with E-state index in [1.54, 1.807) is 0 Å². The highest BCUT2D eigenvalue weighted by atomic mass is 15.2. The molecule has 0 radical (unpaired) electrons. The van der Waals surface area contributed by atoms with Crippen LogP contribution in [0.3, 0.4) is 0 Å². The largest absolute Gasteiger partial charge is 0.311 e. The molecule has 2 unspecified atom stereocenters. The fourth-order valence-corrected chi connectivity index (χ4v) is 3.94. The second-order valence-electron chi connectivity index (χ2n) is 7.76. The Morgan fingerprint density at radius 3 is 2.50 bits per heavy atom. The van der Waals surface area contributed by atoms with Crippen LogP contribution in [-0.4, -0.2) is 36.6 Å². The van der Waals surface area contributed by atoms with E-state index in [1.807, 2.05) is 0 Å². The van der Waals surface area contributed by atoms with Crippen LogP contribution in [0.2, 0.25) is 0 Å². The van der Waals surface area contributed by atoms with E-state index in [9.17, 15) is 0 Å². The van der Waals surface area contributed by atoms with Crippen LogP contribution >= 0.6 is 0 Å². The van der Waals surface area contributed by atoms with Gasteiger partial charge in [0.25, 0.3) is 0 Å². The molecule has 18 heavy (non-hydrogen) atoms. The summed E-state index contributed by atoms with van der Waals surface area (Å²) in [5.74, 6) is 1.77. The number of hydrogen-bond donors (Lipinski definition) is 1. The van der Waals surface area contributed by atoms with Crippen LogP contribution in [0.15, 0.2) is 0 Å². The summed E-state index contributed by atoms with van der Waals surface area (Å²) >= 11 is 0. The summed E-state index contributed by atoms with van der Waals surface area (Å²) < 4.78 is 0. The summed E-state index contributed by atoms with van der Waals surface area (Å²) in [7, 11) is 0. The molecule has 2 nitrogen and oxygen atoms in total. The maximum Gasteiger partial charge on any atom is 0.0244 e. The van der Waals surface area contributed by atoms with E-state index in [1.165, 1.54) is 51.7 Å². The van der Waals surface area contributed by atoms with Crippen LogP contribution in [0.25, 0.3) is 0 Å². The molecule has 3 aliphatic rings. The molecular weight excluding hydrogens is 220 g/mol. The van der Waals surface area contributed by atoms with Crippen molar-refractivity contribution in [1.29, 1.82) is 0 Å². The summed E-state index contributed by atoms with van der Waals surface area (Å²) in [4.78, 5) is 2.84. The lowest BCUT2D eigenvalue weighted by Gasteiger charge is -2.49. The van der Waals surface area contributed by atoms with Crippen molar-refractivity contribution in [1.82, 2.24) is 10.2 Å². The standard InChI is InChI=1S/C16H30N2/c1-12(2)15-9-17-14(13-5-6-13)10-18(15)11-16(3)7-4-8-16/h12-15,17H,4-11H2,1-3H3. The van der Waals surface area contributed by atoms with Crippen molar-refractivity contribution in [3.05, 3.63) is 0 Å². The molecule has 1 heterocycles. The van der Waals surface area contributed by atoms with E-state index in [-0.39, 0.29) is 0 Å². The number of piperazine rings is 1. The highest BCUT2D eigenvalue weighted by Gasteiger charge is 2.41. The van der Waals surface area contributed by atoms with Gasteiger partial charge in [0.1, 0.15) is 0 Å². The summed E-state index contributed by atoms with van der Waals surface area (Å²) in [6.45, 7) is 11.2. The Hall–Kier alpha value is -0.0800. The van der Waals surface area contributed by atoms with Crippen molar-refractivity contribution in [3.63, 3.8) is 0 Å². The lowest BCUT2D eigenvalue weighted by molar-refractivity contribution is 0.0183. The van der Waals surface area contributed by atoms with Gasteiger partial charge in [-0.25, -0.2) is 0 Å². The monoisotopic (exact) mass is 250 g/mol. The Balaban J connectivity index is 1.64. The van der Waals surface area contributed by atoms with Gasteiger partial charge >= 0.3 is 0 Å². The molecule has 3 fully saturated rings. The third-order valence-corrected chi connectivity index (χ3v) is 5.60. The molecule has 3 rings (SSSR count). The number of hydrogen-bond acceptors (Lipinski definition) is 2. The number of nitrogens with one attached hydrogen (secondary N) is 1. The molecule has 0 bridgehead atoms. The van der Waals surface area contributed by atoms with Crippen LogP contribution in [0.1, 0.15) is 52.9 Å². The topological polar surface area (TPSA) is 15.3 Å². The number of rotatable bonds is 4. The Bertz CT molecular complexity index is 291. The summed E-state index contributed by atoms with van der Waals surface area (Å²) in [6, 6.07) is 1.56. The first-order chi connectivity index (χ1) is 8.57. The molecule has 1 aliphatic heterocycles. The maximum atomic E-state index is 3.82. The quantitative estimate of drug-likeness (QED) is 0.825. The normalized spacial score (nSPS) is 36.7. The molecule has 2 atom stereocenters. The molecule has 2 heteroatoms. The third kappa shape index (κ3) is 2.60. The van der Waals surface area contributed by atoms with E-state index in [4.69, 9.17) is 0 Å². The minimum absolute atomic E-state index is 0.637. The molecule has 104 valence electrons. The zero-order valence-corrected chi connectivity index (χ0v) is 12.4. The molecule has 2 saturated carbocycles. The molecular formula is C16H30N2. The Labute approximate surface area is 113 Å². The Kier molecular flexibility index (Phi) is 3.44. The molecule has 1 N–H and O–H groups in total. The van der Waals surface area contributed by atoms with Crippen LogP contribution in [0.4, 0.5) is 0 Å². The van der Waals surface area contributed by atoms with Crippen LogP contribution < -0.4 is 5.32 Å². The van der Waals surface area contributed by atoms with Gasteiger partial charge in [0.05, 0.1) is 0 Å². The first-order valence-corrected chi connectivity index (χ1v) is 8.05. The van der Waals surface area contributed by atoms with E-state index in [0.717, 1.165) is 23.9 Å². The molecule has 2 aliphatic carbocycles. The minimum atomic E-state index is 0.637. The van der Waals surface area contributed by atoms with Gasteiger partial charge in [0.2, 0.25) is 0 Å². The van der Waals surface area contributed by atoms with Crippen molar-refractivity contribution in [2.24, 2.45) is 17.3 Å². The van der Waals surface area contributed by atoms with Gasteiger partial charge in [-0.2, -0.15) is 0 Å². The van der Waals surface area contributed by atoms with Gasteiger partial charge < -0.3 is 5.32 Å². The first kappa shape index (κ1) is 12.9. The fourth-order valence-electron chi connectivity index (χ4n) is 3.94. The second-order valence-corrected chi connectivity index (χ2v) is 7.76. The molecule has 0 aromatic heterocycles. The van der Waals surface area contributed by atoms with E-state index >= 15 is 0 Å². The van der Waals surface area contributed by atoms with Crippen LogP contribution in [0, 0.1) is 17.3 Å². The van der Waals surface area contributed by atoms with Crippen molar-refractivity contribution >= 4 is 0 Å². The van der Waals surface area contributed by atoms with Crippen molar-refractivity contribution in [2.45, 2.75) is 65.0 Å². The number of nitrogens with zero attached hydrogens (tertiary/aromatic N) is 1. The summed E-state index contributed by atoms with van der Waals surface area (Å²) in [6.07, 6.45) is 7.30. The molecule has 0 aromatic carbocycles. The summed E-state index contributed by atoms with van der Waals surface area (Å²) in [5.41, 5.74) is 0.637. The SMILES string of the molecule is CC(C)C1CNC(C2CC2)CN1CC1(C)CCC1. The average Bonchev–Trinajstić information content (AvgIpc) is 3.10. The zero-order valence-electron chi connectivity index (χ0n) is 12.4. The predicted molar refractivity (Wildman–Crippen MR) is 76.7 cm³/mol. The Morgan fingerprint density at radius 1 is 1.28 bits per heavy atom. The average molecular weight is 250 g/mol. The van der Waals surface area contributed by atoms with Gasteiger partial charge in [0, 0.05) is 31.7 Å². The highest BCUT2D eigenvalue weighted by Crippen LogP contribution is 2.42. The molecule has 0 spiro atoms. The minimum Gasteiger partial charge on any atom is -0.311 e. The van der Waals surface area contributed by atoms with Crippen molar-refractivity contribution < 1.29 is 0 Å². The maximum absolute atomic E-state index is 3.82. The zero-order chi connectivity index (χ0) is 12.8. The van der Waals surface area contributed by atoms with Gasteiger partial charge in [-0.1, -0.05) is 27.2 Å². The molecule has 0 amide bonds. The van der Waals surface area contributed by atoms with Crippen LogP contribution in [0.5, 0.6) is 0 Å². The van der Waals surface area contributed by atoms with E-state index < -0.39 is 0 Å². The van der Waals surface area contributed by atoms with Gasteiger partial charge in [-0.05, 0) is 42.9 Å². The van der Waals surface area contributed by atoms with Crippen molar-refractivity contribution in [3.8, 4) is 0 Å². The molecule has 0 aromatic rings. The van der Waals surface area contributed by atoms with E-state index in [2.05, 4.69) is 31.0 Å². The predicted octanol–water partition coefficient (Wildman–Crippen LogP) is 2.89. The first-order valence-electron chi connectivity index (χ1n) is 8.05. The van der Waals surface area contributed by atoms with Gasteiger partial charge in [-0.15, -0.1) is 0 Å². The second kappa shape index (κ2) is 4.79. The highest BCUT2D eigenvalue weighted by molar-refractivity contribution is 4.97.